The summed E-state index contributed by atoms with van der Waals surface area (Å²) in [5.74, 6) is 7.12. The number of carbonyl (C=O) groups is 1. The van der Waals surface area contributed by atoms with Gasteiger partial charge in [0.1, 0.15) is 11.5 Å². The van der Waals surface area contributed by atoms with Gasteiger partial charge in [-0.25, -0.2) is 9.97 Å². The third kappa shape index (κ3) is 4.67. The molecule has 5 rings (SSSR count). The van der Waals surface area contributed by atoms with Gasteiger partial charge in [0.25, 0.3) is 0 Å². The van der Waals surface area contributed by atoms with Gasteiger partial charge in [-0.3, -0.25) is 9.78 Å². The molecule has 3 aromatic heterocycles. The van der Waals surface area contributed by atoms with Crippen LogP contribution in [-0.4, -0.2) is 58.5 Å². The molecule has 1 atom stereocenters. The van der Waals surface area contributed by atoms with Crippen LogP contribution in [0, 0.1) is 24.7 Å². The van der Waals surface area contributed by atoms with Crippen LogP contribution in [0.4, 0.5) is 11.5 Å². The van der Waals surface area contributed by atoms with E-state index in [1.54, 1.807) is 12.4 Å². The second-order valence-corrected chi connectivity index (χ2v) is 9.09. The smallest absolute Gasteiger partial charge is 0.228 e. The van der Waals surface area contributed by atoms with Gasteiger partial charge in [0.05, 0.1) is 17.4 Å². The summed E-state index contributed by atoms with van der Waals surface area (Å²) < 4.78 is 0. The largest absolute Gasteiger partial charge is 0.365 e. The van der Waals surface area contributed by atoms with E-state index < -0.39 is 0 Å². The zero-order chi connectivity index (χ0) is 22.9. The monoisotopic (exact) mass is 440 g/mol. The summed E-state index contributed by atoms with van der Waals surface area (Å²) in [4.78, 5) is 30.4. The number of aromatic nitrogens is 3. The van der Waals surface area contributed by atoms with E-state index in [9.17, 15) is 4.79 Å². The van der Waals surface area contributed by atoms with E-state index in [0.29, 0.717) is 17.6 Å². The van der Waals surface area contributed by atoms with Gasteiger partial charge in [-0.05, 0) is 57.9 Å². The fraction of sp³-hybridized carbons (Fsp3) is 0.385. The number of pyridine rings is 3. The maximum Gasteiger partial charge on any atom is 0.228 e. The molecule has 1 saturated carbocycles. The van der Waals surface area contributed by atoms with Crippen molar-refractivity contribution in [3.8, 4) is 11.8 Å². The highest BCUT2D eigenvalue weighted by Crippen LogP contribution is 2.30. The number of rotatable bonds is 3. The normalized spacial score (nSPS) is 18.6. The van der Waals surface area contributed by atoms with E-state index in [0.717, 1.165) is 60.2 Å². The molecular formula is C26H28N6O. The number of carbonyl (C=O) groups excluding carboxylic acids is 1. The predicted molar refractivity (Wildman–Crippen MR) is 130 cm³/mol. The van der Waals surface area contributed by atoms with E-state index in [1.807, 2.05) is 25.3 Å². The molecule has 0 aromatic carbocycles. The van der Waals surface area contributed by atoms with Crippen molar-refractivity contribution in [2.45, 2.75) is 32.7 Å². The second kappa shape index (κ2) is 8.80. The zero-order valence-electron chi connectivity index (χ0n) is 19.3. The summed E-state index contributed by atoms with van der Waals surface area (Å²) >= 11 is 0. The maximum absolute atomic E-state index is 12.1. The lowest BCUT2D eigenvalue weighted by atomic mass is 10.1. The summed E-state index contributed by atoms with van der Waals surface area (Å²) in [6.07, 6.45) is 7.36. The van der Waals surface area contributed by atoms with E-state index in [4.69, 9.17) is 0 Å². The highest BCUT2D eigenvalue weighted by molar-refractivity contribution is 5.96. The van der Waals surface area contributed by atoms with Crippen LogP contribution in [0.1, 0.15) is 36.7 Å². The van der Waals surface area contributed by atoms with Crippen LogP contribution >= 0.6 is 0 Å². The van der Waals surface area contributed by atoms with Gasteiger partial charge in [0.2, 0.25) is 5.91 Å². The van der Waals surface area contributed by atoms with E-state index in [1.165, 1.54) is 0 Å². The topological polar surface area (TPSA) is 74.2 Å². The first kappa shape index (κ1) is 21.4. The number of amides is 1. The fourth-order valence-corrected chi connectivity index (χ4v) is 4.29. The van der Waals surface area contributed by atoms with Crippen molar-refractivity contribution in [1.29, 1.82) is 0 Å². The van der Waals surface area contributed by atoms with Crippen LogP contribution in [0.15, 0.2) is 36.8 Å². The van der Waals surface area contributed by atoms with Gasteiger partial charge in [-0.15, -0.1) is 0 Å². The molecule has 33 heavy (non-hydrogen) atoms. The minimum atomic E-state index is 0.0409. The maximum atomic E-state index is 12.1. The molecule has 4 heterocycles. The third-order valence-corrected chi connectivity index (χ3v) is 6.41. The molecule has 1 N–H and O–H groups in total. The highest BCUT2D eigenvalue weighted by atomic mass is 16.2. The Morgan fingerprint density at radius 3 is 2.64 bits per heavy atom. The summed E-state index contributed by atoms with van der Waals surface area (Å²) in [6, 6.07) is 6.41. The number of piperazine rings is 1. The van der Waals surface area contributed by atoms with Gasteiger partial charge in [-0.1, -0.05) is 5.92 Å². The van der Waals surface area contributed by atoms with Crippen molar-refractivity contribution < 1.29 is 4.79 Å². The Kier molecular flexibility index (Phi) is 5.69. The second-order valence-electron chi connectivity index (χ2n) is 9.09. The predicted octanol–water partition coefficient (Wildman–Crippen LogP) is 3.22. The number of nitrogens with one attached hydrogen (secondary N) is 1. The van der Waals surface area contributed by atoms with Crippen LogP contribution in [0.3, 0.4) is 0 Å². The van der Waals surface area contributed by atoms with E-state index >= 15 is 0 Å². The molecule has 0 unspecified atom stereocenters. The number of hydrogen-bond donors (Lipinski definition) is 1. The Morgan fingerprint density at radius 1 is 1.06 bits per heavy atom. The number of fused-ring (bicyclic) bond motifs is 1. The van der Waals surface area contributed by atoms with Crippen LogP contribution in [0.2, 0.25) is 0 Å². The Bertz CT molecular complexity index is 1260. The Labute approximate surface area is 194 Å². The molecule has 1 aliphatic carbocycles. The summed E-state index contributed by atoms with van der Waals surface area (Å²) in [5.41, 5.74) is 3.52. The van der Waals surface area contributed by atoms with E-state index in [2.05, 4.69) is 61.9 Å². The molecule has 0 spiro atoms. The molecule has 1 aliphatic heterocycles. The van der Waals surface area contributed by atoms with Crippen molar-refractivity contribution >= 4 is 28.2 Å². The molecule has 1 amide bonds. The third-order valence-electron chi connectivity index (χ3n) is 6.41. The number of aryl methyl sites for hydroxylation is 1. The average molecular weight is 441 g/mol. The molecule has 7 nitrogen and oxygen atoms in total. The SMILES string of the molecule is Cc1ncc(C#Cc2ccc(N3CCN(C)C[C@@H]3C)cn2)c2cc(NC(=O)C3CC3)ncc12. The Morgan fingerprint density at radius 2 is 1.91 bits per heavy atom. The van der Waals surface area contributed by atoms with E-state index in [-0.39, 0.29) is 11.8 Å². The van der Waals surface area contributed by atoms with Gasteiger partial charge >= 0.3 is 0 Å². The summed E-state index contributed by atoms with van der Waals surface area (Å²) in [6.45, 7) is 7.29. The van der Waals surface area contributed by atoms with Gasteiger partial charge in [-0.2, -0.15) is 0 Å². The minimum Gasteiger partial charge on any atom is -0.365 e. The van der Waals surface area contributed by atoms with Crippen molar-refractivity contribution in [3.63, 3.8) is 0 Å². The van der Waals surface area contributed by atoms with Crippen molar-refractivity contribution in [2.75, 3.05) is 36.9 Å². The van der Waals surface area contributed by atoms with Crippen molar-refractivity contribution in [1.82, 2.24) is 19.9 Å². The molecule has 7 heteroatoms. The van der Waals surface area contributed by atoms with Gasteiger partial charge in [0.15, 0.2) is 0 Å². The zero-order valence-corrected chi connectivity index (χ0v) is 19.3. The summed E-state index contributed by atoms with van der Waals surface area (Å²) in [5, 5.41) is 4.78. The molecule has 3 aromatic rings. The first-order valence-corrected chi connectivity index (χ1v) is 11.5. The molecule has 0 bridgehead atoms. The standard InChI is InChI=1S/C26H28N6O/c1-17-16-31(3)10-11-32(17)22-9-8-21(28-14-22)7-6-20-13-27-18(2)24-15-29-25(12-23(20)24)30-26(33)19-4-5-19/h8-9,12-15,17,19H,4-5,10-11,16H2,1-3H3,(H,29,30,33)/t17-/m0/s1. The molecular weight excluding hydrogens is 412 g/mol. The highest BCUT2D eigenvalue weighted by Gasteiger charge is 2.29. The number of likely N-dealkylation sites (N-methyl/N-ethyl adjacent to an activating group) is 1. The first-order chi connectivity index (χ1) is 16.0. The molecule has 2 aliphatic rings. The quantitative estimate of drug-likeness (QED) is 0.631. The Hall–Kier alpha value is -3.50. The average Bonchev–Trinajstić information content (AvgIpc) is 3.65. The van der Waals surface area contributed by atoms with Crippen LogP contribution in [-0.2, 0) is 4.79 Å². The minimum absolute atomic E-state index is 0.0409. The van der Waals surface area contributed by atoms with Crippen LogP contribution in [0.5, 0.6) is 0 Å². The molecule has 1 saturated heterocycles. The van der Waals surface area contributed by atoms with Crippen molar-refractivity contribution in [2.24, 2.45) is 5.92 Å². The van der Waals surface area contributed by atoms with Gasteiger partial charge in [0, 0.05) is 60.5 Å². The lowest BCUT2D eigenvalue weighted by Crippen LogP contribution is -2.50. The lowest BCUT2D eigenvalue weighted by molar-refractivity contribution is -0.117. The fourth-order valence-electron chi connectivity index (χ4n) is 4.29. The van der Waals surface area contributed by atoms with Crippen LogP contribution < -0.4 is 10.2 Å². The molecule has 2 fully saturated rings. The summed E-state index contributed by atoms with van der Waals surface area (Å²) in [7, 11) is 2.16. The first-order valence-electron chi connectivity index (χ1n) is 11.5. The number of nitrogens with zero attached hydrogens (tertiary/aromatic N) is 5. The van der Waals surface area contributed by atoms with Crippen molar-refractivity contribution in [3.05, 3.63) is 53.7 Å². The molecule has 168 valence electrons. The van der Waals surface area contributed by atoms with Gasteiger partial charge < -0.3 is 15.1 Å². The number of hydrogen-bond acceptors (Lipinski definition) is 6. The molecule has 0 radical (unpaired) electrons. The Balaban J connectivity index is 1.39. The van der Waals surface area contributed by atoms with Crippen LogP contribution in [0.25, 0.3) is 10.8 Å². The lowest BCUT2D eigenvalue weighted by Gasteiger charge is -2.39. The number of anilines is 2.